The molecule has 1 heterocycles. The van der Waals surface area contributed by atoms with Crippen molar-refractivity contribution in [1.82, 2.24) is 20.1 Å². The van der Waals surface area contributed by atoms with E-state index in [0.717, 1.165) is 6.42 Å². The Bertz CT molecular complexity index is 697. The lowest BCUT2D eigenvalue weighted by molar-refractivity contribution is 0.0858. The maximum absolute atomic E-state index is 14.0. The monoisotopic (exact) mass is 320 g/mol. The van der Waals surface area contributed by atoms with Crippen LogP contribution in [0.15, 0.2) is 24.3 Å². The van der Waals surface area contributed by atoms with Crippen molar-refractivity contribution in [2.24, 2.45) is 0 Å². The van der Waals surface area contributed by atoms with Gasteiger partial charge in [0.2, 0.25) is 5.82 Å². The Morgan fingerprint density at radius 1 is 1.39 bits per heavy atom. The molecule has 0 aliphatic heterocycles. The molecule has 2 rings (SSSR count). The Kier molecular flexibility index (Phi) is 5.10. The molecule has 0 aliphatic rings. The number of nitrogens with one attached hydrogen (secondary N) is 1. The molecule has 0 aliphatic carbocycles. The van der Waals surface area contributed by atoms with Gasteiger partial charge in [0.25, 0.3) is 5.91 Å². The van der Waals surface area contributed by atoms with Gasteiger partial charge in [-0.15, -0.1) is 5.10 Å². The largest absolute Gasteiger partial charge is 0.394 e. The number of benzene rings is 1. The SMILES string of the molecule is CCCc1nc(C(=O)NC(C)(C)CO)nn1-c1ccccc1F. The number of halogens is 1. The summed E-state index contributed by atoms with van der Waals surface area (Å²) in [5.41, 5.74) is -0.533. The summed E-state index contributed by atoms with van der Waals surface area (Å²) in [5, 5.41) is 16.0. The van der Waals surface area contributed by atoms with Crippen LogP contribution in [0, 0.1) is 5.82 Å². The van der Waals surface area contributed by atoms with Gasteiger partial charge in [-0.05, 0) is 32.4 Å². The second-order valence-electron chi connectivity index (χ2n) is 5.96. The van der Waals surface area contributed by atoms with Gasteiger partial charge in [-0.25, -0.2) is 14.1 Å². The second-order valence-corrected chi connectivity index (χ2v) is 5.96. The highest BCUT2D eigenvalue weighted by atomic mass is 19.1. The van der Waals surface area contributed by atoms with Crippen molar-refractivity contribution in [2.45, 2.75) is 39.2 Å². The zero-order chi connectivity index (χ0) is 17.0. The number of aryl methyl sites for hydroxylation is 1. The third kappa shape index (κ3) is 3.92. The minimum absolute atomic E-state index is 0.0433. The molecule has 0 saturated heterocycles. The van der Waals surface area contributed by atoms with E-state index in [1.807, 2.05) is 6.92 Å². The molecule has 2 aromatic rings. The first-order valence-corrected chi connectivity index (χ1v) is 7.52. The number of hydrogen-bond acceptors (Lipinski definition) is 4. The maximum Gasteiger partial charge on any atom is 0.291 e. The maximum atomic E-state index is 14.0. The number of para-hydroxylation sites is 1. The number of rotatable bonds is 6. The van der Waals surface area contributed by atoms with Gasteiger partial charge in [-0.2, -0.15) is 0 Å². The van der Waals surface area contributed by atoms with Crippen molar-refractivity contribution in [3.63, 3.8) is 0 Å². The number of carbonyl (C=O) groups excluding carboxylic acids is 1. The van der Waals surface area contributed by atoms with Crippen LogP contribution in [-0.4, -0.2) is 37.9 Å². The lowest BCUT2D eigenvalue weighted by Gasteiger charge is -2.22. The van der Waals surface area contributed by atoms with Crippen molar-refractivity contribution in [2.75, 3.05) is 6.61 Å². The van der Waals surface area contributed by atoms with Crippen LogP contribution in [0.3, 0.4) is 0 Å². The molecule has 0 unspecified atom stereocenters. The molecular formula is C16H21FN4O2. The number of hydrogen-bond donors (Lipinski definition) is 2. The lowest BCUT2D eigenvalue weighted by atomic mass is 10.1. The molecule has 0 bridgehead atoms. The molecule has 0 atom stereocenters. The lowest BCUT2D eigenvalue weighted by Crippen LogP contribution is -2.46. The van der Waals surface area contributed by atoms with Crippen LogP contribution in [0.25, 0.3) is 5.69 Å². The molecule has 0 saturated carbocycles. The van der Waals surface area contributed by atoms with E-state index in [1.165, 1.54) is 10.7 Å². The average Bonchev–Trinajstić information content (AvgIpc) is 2.92. The van der Waals surface area contributed by atoms with E-state index in [1.54, 1.807) is 32.0 Å². The number of aliphatic hydroxyl groups is 1. The summed E-state index contributed by atoms with van der Waals surface area (Å²) in [7, 11) is 0. The fourth-order valence-corrected chi connectivity index (χ4v) is 2.05. The molecule has 1 aromatic heterocycles. The third-order valence-corrected chi connectivity index (χ3v) is 3.28. The molecule has 1 aromatic carbocycles. The Labute approximate surface area is 134 Å². The van der Waals surface area contributed by atoms with Crippen molar-refractivity contribution in [3.05, 3.63) is 41.7 Å². The van der Waals surface area contributed by atoms with Gasteiger partial charge in [0.15, 0.2) is 0 Å². The van der Waals surface area contributed by atoms with Crippen LogP contribution in [0.5, 0.6) is 0 Å². The number of carbonyl (C=O) groups is 1. The Balaban J connectivity index is 2.39. The van der Waals surface area contributed by atoms with Crippen molar-refractivity contribution in [3.8, 4) is 5.69 Å². The molecule has 23 heavy (non-hydrogen) atoms. The van der Waals surface area contributed by atoms with Gasteiger partial charge in [-0.3, -0.25) is 4.79 Å². The summed E-state index contributed by atoms with van der Waals surface area (Å²) in [6, 6.07) is 6.21. The Hall–Kier alpha value is -2.28. The molecule has 0 radical (unpaired) electrons. The van der Waals surface area contributed by atoms with E-state index in [2.05, 4.69) is 15.4 Å². The minimum atomic E-state index is -0.786. The summed E-state index contributed by atoms with van der Waals surface area (Å²) in [6.45, 7) is 5.13. The van der Waals surface area contributed by atoms with Crippen molar-refractivity contribution >= 4 is 5.91 Å². The van der Waals surface area contributed by atoms with Crippen LogP contribution in [0.1, 0.15) is 43.6 Å². The summed E-state index contributed by atoms with van der Waals surface area (Å²) in [4.78, 5) is 16.5. The molecule has 0 spiro atoms. The zero-order valence-electron chi connectivity index (χ0n) is 13.5. The smallest absolute Gasteiger partial charge is 0.291 e. The minimum Gasteiger partial charge on any atom is -0.394 e. The quantitative estimate of drug-likeness (QED) is 0.851. The van der Waals surface area contributed by atoms with Gasteiger partial charge in [0.05, 0.1) is 12.1 Å². The summed E-state index contributed by atoms with van der Waals surface area (Å²) >= 11 is 0. The van der Waals surface area contributed by atoms with E-state index in [9.17, 15) is 14.3 Å². The van der Waals surface area contributed by atoms with Crippen LogP contribution in [0.4, 0.5) is 4.39 Å². The highest BCUT2D eigenvalue weighted by molar-refractivity contribution is 5.90. The van der Waals surface area contributed by atoms with Gasteiger partial charge in [0.1, 0.15) is 17.3 Å². The molecule has 2 N–H and O–H groups in total. The first kappa shape index (κ1) is 17.1. The number of aliphatic hydroxyl groups excluding tert-OH is 1. The number of nitrogens with zero attached hydrogens (tertiary/aromatic N) is 3. The Morgan fingerprint density at radius 2 is 2.09 bits per heavy atom. The van der Waals surface area contributed by atoms with E-state index >= 15 is 0 Å². The predicted octanol–water partition coefficient (Wildman–Crippen LogP) is 1.86. The first-order chi connectivity index (χ1) is 10.9. The standard InChI is InChI=1S/C16H21FN4O2/c1-4-7-13-18-14(15(23)19-16(2,3)10-22)20-21(13)12-9-6-5-8-11(12)17/h5-6,8-9,22H,4,7,10H2,1-3H3,(H,19,23). The van der Waals surface area contributed by atoms with E-state index < -0.39 is 17.3 Å². The normalized spacial score (nSPS) is 11.5. The molecule has 0 fully saturated rings. The first-order valence-electron chi connectivity index (χ1n) is 7.52. The van der Waals surface area contributed by atoms with Gasteiger partial charge in [0, 0.05) is 6.42 Å². The summed E-state index contributed by atoms with van der Waals surface area (Å²) in [5.74, 6) is -0.461. The van der Waals surface area contributed by atoms with Crippen LogP contribution >= 0.6 is 0 Å². The van der Waals surface area contributed by atoms with Crippen LogP contribution < -0.4 is 5.32 Å². The number of amides is 1. The fraction of sp³-hybridized carbons (Fsp3) is 0.438. The Morgan fingerprint density at radius 3 is 2.70 bits per heavy atom. The zero-order valence-corrected chi connectivity index (χ0v) is 13.5. The molecule has 6 nitrogen and oxygen atoms in total. The summed E-state index contributed by atoms with van der Waals surface area (Å²) < 4.78 is 15.4. The van der Waals surface area contributed by atoms with Gasteiger partial charge in [-0.1, -0.05) is 19.1 Å². The highest BCUT2D eigenvalue weighted by Gasteiger charge is 2.24. The van der Waals surface area contributed by atoms with Crippen molar-refractivity contribution < 1.29 is 14.3 Å². The summed E-state index contributed by atoms with van der Waals surface area (Å²) in [6.07, 6.45) is 1.36. The van der Waals surface area contributed by atoms with Crippen molar-refractivity contribution in [1.29, 1.82) is 0 Å². The average molecular weight is 320 g/mol. The fourth-order valence-electron chi connectivity index (χ4n) is 2.05. The molecule has 124 valence electrons. The topological polar surface area (TPSA) is 80.0 Å². The number of aromatic nitrogens is 3. The van der Waals surface area contributed by atoms with E-state index in [4.69, 9.17) is 0 Å². The van der Waals surface area contributed by atoms with Crippen LogP contribution in [0.2, 0.25) is 0 Å². The third-order valence-electron chi connectivity index (χ3n) is 3.28. The predicted molar refractivity (Wildman–Crippen MR) is 83.9 cm³/mol. The van der Waals surface area contributed by atoms with E-state index in [0.29, 0.717) is 12.2 Å². The van der Waals surface area contributed by atoms with Gasteiger partial charge < -0.3 is 10.4 Å². The molecular weight excluding hydrogens is 299 g/mol. The van der Waals surface area contributed by atoms with E-state index in [-0.39, 0.29) is 18.1 Å². The van der Waals surface area contributed by atoms with Gasteiger partial charge >= 0.3 is 0 Å². The molecule has 1 amide bonds. The highest BCUT2D eigenvalue weighted by Crippen LogP contribution is 2.15. The molecule has 7 heteroatoms. The second kappa shape index (κ2) is 6.87. The van der Waals surface area contributed by atoms with Crippen LogP contribution in [-0.2, 0) is 6.42 Å².